The van der Waals surface area contributed by atoms with Crippen LogP contribution in [0, 0.1) is 18.3 Å². The first-order chi connectivity index (χ1) is 14.0. The molecule has 0 spiro atoms. The average Bonchev–Trinajstić information content (AvgIpc) is 2.73. The number of anilines is 1. The van der Waals surface area contributed by atoms with Gasteiger partial charge in [-0.05, 0) is 48.4 Å². The summed E-state index contributed by atoms with van der Waals surface area (Å²) < 4.78 is 5.79. The van der Waals surface area contributed by atoms with E-state index < -0.39 is 5.91 Å². The Morgan fingerprint density at radius 1 is 1.10 bits per heavy atom. The van der Waals surface area contributed by atoms with Crippen molar-refractivity contribution in [1.82, 2.24) is 0 Å². The minimum absolute atomic E-state index is 0.0154. The molecule has 0 saturated heterocycles. The number of benzene rings is 3. The Kier molecular flexibility index (Phi) is 6.67. The quantitative estimate of drug-likeness (QED) is 0.420. The molecule has 4 nitrogen and oxygen atoms in total. The molecule has 0 saturated carbocycles. The molecular weight excluding hydrogens is 384 g/mol. The Morgan fingerprint density at radius 2 is 1.86 bits per heavy atom. The smallest absolute Gasteiger partial charge is 0.266 e. The molecule has 1 N–H and O–H groups in total. The zero-order chi connectivity index (χ0) is 20.6. The molecule has 0 radical (unpaired) electrons. The number of ether oxygens (including phenoxy) is 1. The Balaban J connectivity index is 1.66. The molecule has 29 heavy (non-hydrogen) atoms. The number of halogens is 1. The molecule has 3 aromatic carbocycles. The highest BCUT2D eigenvalue weighted by atomic mass is 35.5. The molecule has 0 aliphatic rings. The first-order valence-electron chi connectivity index (χ1n) is 9.01. The standard InChI is InChI=1S/C24H19ClN2O2/c1-17-5-4-6-19(13-17)16-29-21-11-9-18(10-12-21)14-20(15-26)24(28)27-23-8-3-2-7-22(23)25/h2-14H,16H2,1H3,(H,27,28)/b20-14+. The van der Waals surface area contributed by atoms with Gasteiger partial charge in [-0.2, -0.15) is 5.26 Å². The fraction of sp³-hybridized carbons (Fsp3) is 0.0833. The van der Waals surface area contributed by atoms with E-state index in [0.717, 1.165) is 11.1 Å². The summed E-state index contributed by atoms with van der Waals surface area (Å²) in [7, 11) is 0. The van der Waals surface area contributed by atoms with Gasteiger partial charge < -0.3 is 10.1 Å². The number of hydrogen-bond acceptors (Lipinski definition) is 3. The molecule has 144 valence electrons. The van der Waals surface area contributed by atoms with Gasteiger partial charge >= 0.3 is 0 Å². The van der Waals surface area contributed by atoms with Crippen LogP contribution in [0.1, 0.15) is 16.7 Å². The van der Waals surface area contributed by atoms with Crippen molar-refractivity contribution in [1.29, 1.82) is 5.26 Å². The number of amides is 1. The van der Waals surface area contributed by atoms with Gasteiger partial charge in [0.15, 0.2) is 0 Å². The number of nitriles is 1. The fourth-order valence-electron chi connectivity index (χ4n) is 2.70. The van der Waals surface area contributed by atoms with Crippen LogP contribution in [0.15, 0.2) is 78.4 Å². The number of carbonyl (C=O) groups excluding carboxylic acids is 1. The van der Waals surface area contributed by atoms with Gasteiger partial charge in [-0.25, -0.2) is 0 Å². The largest absolute Gasteiger partial charge is 0.489 e. The summed E-state index contributed by atoms with van der Waals surface area (Å²) in [6.45, 7) is 2.51. The van der Waals surface area contributed by atoms with Crippen LogP contribution in [0.5, 0.6) is 5.75 Å². The summed E-state index contributed by atoms with van der Waals surface area (Å²) in [4.78, 5) is 12.4. The number of hydrogen-bond donors (Lipinski definition) is 1. The van der Waals surface area contributed by atoms with E-state index in [-0.39, 0.29) is 5.57 Å². The summed E-state index contributed by atoms with van der Waals surface area (Å²) in [5.74, 6) is 0.197. The van der Waals surface area contributed by atoms with E-state index in [1.807, 2.05) is 43.3 Å². The molecule has 0 aliphatic carbocycles. The van der Waals surface area contributed by atoms with Crippen molar-refractivity contribution >= 4 is 29.3 Å². The van der Waals surface area contributed by atoms with Crippen molar-refractivity contribution in [2.24, 2.45) is 0 Å². The van der Waals surface area contributed by atoms with Crippen LogP contribution in [-0.2, 0) is 11.4 Å². The van der Waals surface area contributed by atoms with Crippen molar-refractivity contribution in [3.63, 3.8) is 0 Å². The molecule has 5 heteroatoms. The lowest BCUT2D eigenvalue weighted by Crippen LogP contribution is -2.13. The lowest BCUT2D eigenvalue weighted by molar-refractivity contribution is -0.112. The second kappa shape index (κ2) is 9.59. The molecule has 3 aromatic rings. The van der Waals surface area contributed by atoms with Crippen molar-refractivity contribution in [3.05, 3.63) is 100 Å². The molecule has 0 atom stereocenters. The maximum Gasteiger partial charge on any atom is 0.266 e. The minimum atomic E-state index is -0.514. The molecule has 3 rings (SSSR count). The third kappa shape index (κ3) is 5.71. The van der Waals surface area contributed by atoms with E-state index in [2.05, 4.69) is 11.4 Å². The Bertz CT molecular complexity index is 1080. The van der Waals surface area contributed by atoms with E-state index >= 15 is 0 Å². The molecule has 0 fully saturated rings. The molecule has 0 unspecified atom stereocenters. The summed E-state index contributed by atoms with van der Waals surface area (Å²) in [5.41, 5.74) is 3.44. The number of para-hydroxylation sites is 1. The highest BCUT2D eigenvalue weighted by Gasteiger charge is 2.11. The van der Waals surface area contributed by atoms with Gasteiger partial charge in [-0.15, -0.1) is 0 Å². The lowest BCUT2D eigenvalue weighted by atomic mass is 10.1. The van der Waals surface area contributed by atoms with E-state index in [1.165, 1.54) is 11.6 Å². The Labute approximate surface area is 175 Å². The van der Waals surface area contributed by atoms with Crippen molar-refractivity contribution in [2.45, 2.75) is 13.5 Å². The van der Waals surface area contributed by atoms with Crippen molar-refractivity contribution < 1.29 is 9.53 Å². The first kappa shape index (κ1) is 20.2. The van der Waals surface area contributed by atoms with Gasteiger partial charge in [0.25, 0.3) is 5.91 Å². The number of nitrogens with one attached hydrogen (secondary N) is 1. The van der Waals surface area contributed by atoms with Crippen LogP contribution in [0.4, 0.5) is 5.69 Å². The van der Waals surface area contributed by atoms with E-state index in [4.69, 9.17) is 16.3 Å². The zero-order valence-electron chi connectivity index (χ0n) is 15.9. The number of carbonyl (C=O) groups is 1. The van der Waals surface area contributed by atoms with Gasteiger partial charge in [0.1, 0.15) is 24.0 Å². The van der Waals surface area contributed by atoms with Crippen molar-refractivity contribution in [3.8, 4) is 11.8 Å². The predicted octanol–water partition coefficient (Wildman–Crippen LogP) is 5.77. The fourth-order valence-corrected chi connectivity index (χ4v) is 2.88. The summed E-state index contributed by atoms with van der Waals surface area (Å²) in [6, 6.07) is 24.1. The second-order valence-corrected chi connectivity index (χ2v) is 6.86. The van der Waals surface area contributed by atoms with Crippen molar-refractivity contribution in [2.75, 3.05) is 5.32 Å². The SMILES string of the molecule is Cc1cccc(COc2ccc(/C=C(\C#N)C(=O)Nc3ccccc3Cl)cc2)c1. The zero-order valence-corrected chi connectivity index (χ0v) is 16.6. The summed E-state index contributed by atoms with van der Waals surface area (Å²) >= 11 is 6.05. The monoisotopic (exact) mass is 402 g/mol. The number of nitrogens with zero attached hydrogens (tertiary/aromatic N) is 1. The molecule has 1 amide bonds. The molecule has 0 aromatic heterocycles. The summed E-state index contributed by atoms with van der Waals surface area (Å²) in [6.07, 6.45) is 1.52. The topological polar surface area (TPSA) is 62.1 Å². The highest BCUT2D eigenvalue weighted by Crippen LogP contribution is 2.22. The highest BCUT2D eigenvalue weighted by molar-refractivity contribution is 6.34. The van der Waals surface area contributed by atoms with Crippen LogP contribution in [0.3, 0.4) is 0 Å². The van der Waals surface area contributed by atoms with Gasteiger partial charge in [0.2, 0.25) is 0 Å². The van der Waals surface area contributed by atoms with Gasteiger partial charge in [-0.1, -0.05) is 65.7 Å². The van der Waals surface area contributed by atoms with Crippen LogP contribution in [0.25, 0.3) is 6.08 Å². The molecule has 0 bridgehead atoms. The third-order valence-corrected chi connectivity index (χ3v) is 4.50. The molecule has 0 aliphatic heterocycles. The summed E-state index contributed by atoms with van der Waals surface area (Å²) in [5, 5.41) is 12.4. The van der Waals surface area contributed by atoms with Gasteiger partial charge in [0, 0.05) is 0 Å². The predicted molar refractivity (Wildman–Crippen MR) is 116 cm³/mol. The molecule has 0 heterocycles. The Morgan fingerprint density at radius 3 is 2.55 bits per heavy atom. The van der Waals surface area contributed by atoms with Crippen LogP contribution < -0.4 is 10.1 Å². The van der Waals surface area contributed by atoms with E-state index in [1.54, 1.807) is 36.4 Å². The molecular formula is C24H19ClN2O2. The minimum Gasteiger partial charge on any atom is -0.489 e. The van der Waals surface area contributed by atoms with E-state index in [0.29, 0.717) is 23.1 Å². The normalized spacial score (nSPS) is 10.9. The van der Waals surface area contributed by atoms with E-state index in [9.17, 15) is 10.1 Å². The van der Waals surface area contributed by atoms with Gasteiger partial charge in [-0.3, -0.25) is 4.79 Å². The first-order valence-corrected chi connectivity index (χ1v) is 9.39. The Hall–Kier alpha value is -3.55. The van der Waals surface area contributed by atoms with Crippen LogP contribution in [0.2, 0.25) is 5.02 Å². The van der Waals surface area contributed by atoms with Gasteiger partial charge in [0.05, 0.1) is 10.7 Å². The number of rotatable bonds is 6. The lowest BCUT2D eigenvalue weighted by Gasteiger charge is -2.08. The van der Waals surface area contributed by atoms with Crippen LogP contribution >= 0.6 is 11.6 Å². The average molecular weight is 403 g/mol. The maximum atomic E-state index is 12.4. The second-order valence-electron chi connectivity index (χ2n) is 6.45. The maximum absolute atomic E-state index is 12.4. The third-order valence-electron chi connectivity index (χ3n) is 4.17. The number of aryl methyl sites for hydroxylation is 1. The van der Waals surface area contributed by atoms with Crippen LogP contribution in [-0.4, -0.2) is 5.91 Å².